The van der Waals surface area contributed by atoms with E-state index in [1.165, 1.54) is 0 Å². The highest BCUT2D eigenvalue weighted by Crippen LogP contribution is 2.28. The van der Waals surface area contributed by atoms with Gasteiger partial charge in [-0.05, 0) is 35.9 Å². The number of carbonyl (C=O) groups is 1. The number of anilines is 2. The summed E-state index contributed by atoms with van der Waals surface area (Å²) < 4.78 is 5.16. The number of nitrogen functional groups attached to an aromatic ring is 1. The number of pyridine rings is 1. The Bertz CT molecular complexity index is 923. The molecule has 0 atom stereocenters. The Kier molecular flexibility index (Phi) is 5.03. The molecular weight excluding hydrogens is 328 g/mol. The molecule has 0 bridgehead atoms. The molecule has 0 unspecified atom stereocenters. The lowest BCUT2D eigenvalue weighted by atomic mass is 10.0. The molecule has 1 amide bonds. The Morgan fingerprint density at radius 2 is 1.81 bits per heavy atom. The van der Waals surface area contributed by atoms with E-state index in [2.05, 4.69) is 10.3 Å². The number of ether oxygens (including phenoxy) is 1. The molecule has 132 valence electrons. The minimum atomic E-state index is -0.544. The first kappa shape index (κ1) is 17.3. The van der Waals surface area contributed by atoms with Crippen LogP contribution in [0.1, 0.15) is 15.9 Å². The Morgan fingerprint density at radius 3 is 2.46 bits per heavy atom. The number of hydrogen-bond donors (Lipinski definition) is 3. The van der Waals surface area contributed by atoms with Gasteiger partial charge in [0, 0.05) is 17.8 Å². The highest BCUT2D eigenvalue weighted by molar-refractivity contribution is 6.00. The number of hydrogen-bond acceptors (Lipinski definition) is 5. The first-order valence-electron chi connectivity index (χ1n) is 8.11. The fraction of sp³-hybridized carbons (Fsp3) is 0.100. The average molecular weight is 348 g/mol. The number of rotatable bonds is 6. The number of nitrogens with two attached hydrogens (primary N) is 2. The van der Waals surface area contributed by atoms with Crippen LogP contribution < -0.4 is 21.5 Å². The minimum Gasteiger partial charge on any atom is -0.497 e. The summed E-state index contributed by atoms with van der Waals surface area (Å²) in [5, 5.41) is 3.25. The van der Waals surface area contributed by atoms with Crippen molar-refractivity contribution in [3.8, 4) is 17.0 Å². The maximum atomic E-state index is 11.8. The summed E-state index contributed by atoms with van der Waals surface area (Å²) >= 11 is 0. The van der Waals surface area contributed by atoms with E-state index in [0.29, 0.717) is 34.9 Å². The topological polar surface area (TPSA) is 103 Å². The molecule has 1 heterocycles. The summed E-state index contributed by atoms with van der Waals surface area (Å²) in [4.78, 5) is 16.3. The van der Waals surface area contributed by atoms with E-state index < -0.39 is 5.91 Å². The lowest BCUT2D eigenvalue weighted by Crippen LogP contribution is -2.14. The summed E-state index contributed by atoms with van der Waals surface area (Å²) in [5.41, 5.74) is 14.6. The van der Waals surface area contributed by atoms with Crippen LogP contribution in [0.5, 0.6) is 5.75 Å². The zero-order valence-corrected chi connectivity index (χ0v) is 14.4. The third-order valence-corrected chi connectivity index (χ3v) is 4.01. The fourth-order valence-electron chi connectivity index (χ4n) is 2.61. The summed E-state index contributed by atoms with van der Waals surface area (Å²) in [6, 6.07) is 18.4. The molecule has 26 heavy (non-hydrogen) atoms. The standard InChI is InChI=1S/C20H20N4O2/c1-26-14-8-6-13(7-9-14)12-23-18-11-10-16(20(22)25)19(24-18)15-4-2-3-5-17(15)21/h2-11H,12,21H2,1H3,(H2,22,25)(H,23,24). The second-order valence-electron chi connectivity index (χ2n) is 5.75. The van der Waals surface area contributed by atoms with Gasteiger partial charge in [0.15, 0.2) is 0 Å². The van der Waals surface area contributed by atoms with Gasteiger partial charge >= 0.3 is 0 Å². The molecule has 6 nitrogen and oxygen atoms in total. The lowest BCUT2D eigenvalue weighted by molar-refractivity contribution is 0.100. The number of para-hydroxylation sites is 1. The molecule has 0 aliphatic rings. The number of benzene rings is 2. The largest absolute Gasteiger partial charge is 0.497 e. The number of methoxy groups -OCH3 is 1. The van der Waals surface area contributed by atoms with Crippen molar-refractivity contribution in [2.24, 2.45) is 5.73 Å². The molecule has 0 aliphatic carbocycles. The number of carbonyl (C=O) groups excluding carboxylic acids is 1. The maximum Gasteiger partial charge on any atom is 0.250 e. The van der Waals surface area contributed by atoms with Crippen LogP contribution in [0.2, 0.25) is 0 Å². The minimum absolute atomic E-state index is 0.331. The van der Waals surface area contributed by atoms with Gasteiger partial charge in [-0.25, -0.2) is 4.98 Å². The van der Waals surface area contributed by atoms with E-state index in [1.54, 1.807) is 25.3 Å². The molecule has 0 aliphatic heterocycles. The van der Waals surface area contributed by atoms with Crippen LogP contribution in [0, 0.1) is 0 Å². The van der Waals surface area contributed by atoms with Crippen molar-refractivity contribution < 1.29 is 9.53 Å². The van der Waals surface area contributed by atoms with Crippen LogP contribution >= 0.6 is 0 Å². The second kappa shape index (κ2) is 7.57. The molecule has 6 heteroatoms. The third kappa shape index (κ3) is 3.75. The van der Waals surface area contributed by atoms with Crippen molar-refractivity contribution >= 4 is 17.4 Å². The van der Waals surface area contributed by atoms with Crippen molar-refractivity contribution in [2.75, 3.05) is 18.2 Å². The Morgan fingerprint density at radius 1 is 1.08 bits per heavy atom. The van der Waals surface area contributed by atoms with E-state index in [9.17, 15) is 4.79 Å². The lowest BCUT2D eigenvalue weighted by Gasteiger charge is -2.12. The van der Waals surface area contributed by atoms with E-state index in [-0.39, 0.29) is 0 Å². The highest BCUT2D eigenvalue weighted by atomic mass is 16.5. The smallest absolute Gasteiger partial charge is 0.250 e. The molecular formula is C20H20N4O2. The molecule has 3 aromatic rings. The SMILES string of the molecule is COc1ccc(CNc2ccc(C(N)=O)c(-c3ccccc3N)n2)cc1. The van der Waals surface area contributed by atoms with Gasteiger partial charge in [0.25, 0.3) is 5.91 Å². The van der Waals surface area contributed by atoms with Crippen molar-refractivity contribution in [1.29, 1.82) is 0 Å². The molecule has 0 saturated heterocycles. The van der Waals surface area contributed by atoms with E-state index in [1.807, 2.05) is 42.5 Å². The molecule has 2 aromatic carbocycles. The van der Waals surface area contributed by atoms with Gasteiger partial charge in [-0.3, -0.25) is 4.79 Å². The third-order valence-electron chi connectivity index (χ3n) is 4.01. The summed E-state index contributed by atoms with van der Waals surface area (Å²) in [7, 11) is 1.63. The summed E-state index contributed by atoms with van der Waals surface area (Å²) in [5.74, 6) is 0.890. The highest BCUT2D eigenvalue weighted by Gasteiger charge is 2.14. The van der Waals surface area contributed by atoms with Crippen molar-refractivity contribution in [3.63, 3.8) is 0 Å². The molecule has 1 aromatic heterocycles. The Hall–Kier alpha value is -3.54. The molecule has 0 radical (unpaired) electrons. The molecule has 5 N–H and O–H groups in total. The maximum absolute atomic E-state index is 11.8. The summed E-state index contributed by atoms with van der Waals surface area (Å²) in [6.45, 7) is 0.580. The first-order valence-corrected chi connectivity index (χ1v) is 8.11. The van der Waals surface area contributed by atoms with Crippen LogP contribution in [0.15, 0.2) is 60.7 Å². The molecule has 3 rings (SSSR count). The van der Waals surface area contributed by atoms with Crippen molar-refractivity contribution in [1.82, 2.24) is 4.98 Å². The first-order chi connectivity index (χ1) is 12.6. The van der Waals surface area contributed by atoms with Crippen molar-refractivity contribution in [2.45, 2.75) is 6.54 Å². The van der Waals surface area contributed by atoms with Gasteiger partial charge in [0.2, 0.25) is 0 Å². The number of nitrogens with zero attached hydrogens (tertiary/aromatic N) is 1. The molecule has 0 spiro atoms. The monoisotopic (exact) mass is 348 g/mol. The molecule has 0 fully saturated rings. The predicted octanol–water partition coefficient (Wildman–Crippen LogP) is 3.05. The fourth-order valence-corrected chi connectivity index (χ4v) is 2.61. The zero-order chi connectivity index (χ0) is 18.5. The normalized spacial score (nSPS) is 10.3. The summed E-state index contributed by atoms with van der Waals surface area (Å²) in [6.07, 6.45) is 0. The van der Waals surface area contributed by atoms with E-state index in [0.717, 1.165) is 11.3 Å². The van der Waals surface area contributed by atoms with Crippen molar-refractivity contribution in [3.05, 3.63) is 71.8 Å². The van der Waals surface area contributed by atoms with Gasteiger partial charge in [0.1, 0.15) is 11.6 Å². The quantitative estimate of drug-likeness (QED) is 0.594. The van der Waals surface area contributed by atoms with Gasteiger partial charge < -0.3 is 21.5 Å². The van der Waals surface area contributed by atoms with Gasteiger partial charge in [0.05, 0.1) is 18.4 Å². The van der Waals surface area contributed by atoms with E-state index >= 15 is 0 Å². The average Bonchev–Trinajstić information content (AvgIpc) is 2.67. The number of nitrogens with one attached hydrogen (secondary N) is 1. The van der Waals surface area contributed by atoms with Crippen LogP contribution in [-0.2, 0) is 6.54 Å². The zero-order valence-electron chi connectivity index (χ0n) is 14.4. The van der Waals surface area contributed by atoms with Gasteiger partial charge in [-0.15, -0.1) is 0 Å². The van der Waals surface area contributed by atoms with Crippen LogP contribution in [-0.4, -0.2) is 18.0 Å². The number of aromatic nitrogens is 1. The van der Waals surface area contributed by atoms with Crippen LogP contribution in [0.25, 0.3) is 11.3 Å². The van der Waals surface area contributed by atoms with E-state index in [4.69, 9.17) is 16.2 Å². The van der Waals surface area contributed by atoms with Crippen LogP contribution in [0.4, 0.5) is 11.5 Å². The Labute approximate surface area is 151 Å². The number of primary amides is 1. The second-order valence-corrected chi connectivity index (χ2v) is 5.75. The van der Waals surface area contributed by atoms with Gasteiger partial charge in [-0.2, -0.15) is 0 Å². The van der Waals surface area contributed by atoms with Gasteiger partial charge in [-0.1, -0.05) is 30.3 Å². The Balaban J connectivity index is 1.88. The molecule has 0 saturated carbocycles. The number of amides is 1. The predicted molar refractivity (Wildman–Crippen MR) is 103 cm³/mol. The van der Waals surface area contributed by atoms with Crippen LogP contribution in [0.3, 0.4) is 0 Å².